The second-order valence-corrected chi connectivity index (χ2v) is 5.54. The van der Waals surface area contributed by atoms with Crippen LogP contribution in [0.15, 0.2) is 42.0 Å². The Morgan fingerprint density at radius 1 is 1.29 bits per heavy atom. The van der Waals surface area contributed by atoms with Crippen LogP contribution in [0.2, 0.25) is 0 Å². The lowest BCUT2D eigenvalue weighted by atomic mass is 10.0. The highest BCUT2D eigenvalue weighted by Crippen LogP contribution is 2.16. The minimum absolute atomic E-state index is 0.0194. The third-order valence-corrected chi connectivity index (χ3v) is 3.81. The fourth-order valence-corrected chi connectivity index (χ4v) is 2.61. The zero-order valence-electron chi connectivity index (χ0n) is 12.8. The minimum Gasteiger partial charge on any atom is -0.353 e. The van der Waals surface area contributed by atoms with Crippen LogP contribution in [0, 0.1) is 0 Å². The van der Waals surface area contributed by atoms with Crippen molar-refractivity contribution >= 4 is 0 Å². The molecule has 0 aromatic heterocycles. The van der Waals surface area contributed by atoms with Crippen molar-refractivity contribution in [3.05, 3.63) is 47.5 Å². The second-order valence-electron chi connectivity index (χ2n) is 5.54. The van der Waals surface area contributed by atoms with E-state index >= 15 is 0 Å². The number of hydrogen-bond donors (Lipinski definition) is 1. The molecule has 2 rings (SSSR count). The monoisotopic (exact) mass is 289 g/mol. The highest BCUT2D eigenvalue weighted by molar-refractivity contribution is 5.15. The maximum absolute atomic E-state index is 5.85. The van der Waals surface area contributed by atoms with Crippen LogP contribution in [-0.2, 0) is 15.9 Å². The third kappa shape index (κ3) is 6.42. The zero-order chi connectivity index (χ0) is 14.8. The highest BCUT2D eigenvalue weighted by atomic mass is 16.7. The lowest BCUT2D eigenvalue weighted by Gasteiger charge is -2.23. The van der Waals surface area contributed by atoms with Crippen molar-refractivity contribution in [3.63, 3.8) is 0 Å². The quantitative estimate of drug-likeness (QED) is 0.746. The van der Waals surface area contributed by atoms with Crippen LogP contribution in [-0.4, -0.2) is 26.0 Å². The van der Waals surface area contributed by atoms with Gasteiger partial charge in [-0.25, -0.2) is 0 Å². The molecule has 116 valence electrons. The van der Waals surface area contributed by atoms with Gasteiger partial charge in [-0.05, 0) is 49.7 Å². The lowest BCUT2D eigenvalue weighted by molar-refractivity contribution is -0.157. The topological polar surface area (TPSA) is 44.5 Å². The molecular weight excluding hydrogens is 262 g/mol. The van der Waals surface area contributed by atoms with Gasteiger partial charge in [0.05, 0.1) is 6.61 Å². The summed E-state index contributed by atoms with van der Waals surface area (Å²) >= 11 is 0. The van der Waals surface area contributed by atoms with Crippen LogP contribution >= 0.6 is 0 Å². The second kappa shape index (κ2) is 9.72. The van der Waals surface area contributed by atoms with Gasteiger partial charge in [-0.1, -0.05) is 36.4 Å². The molecular formula is C18H27NO2. The van der Waals surface area contributed by atoms with E-state index < -0.39 is 0 Å². The first-order valence-electron chi connectivity index (χ1n) is 8.03. The number of rotatable bonds is 8. The summed E-state index contributed by atoms with van der Waals surface area (Å²) < 4.78 is 11.5. The maximum atomic E-state index is 5.85. The molecule has 0 spiro atoms. The SMILES string of the molecule is NCC=C(CCCc1ccccc1)COC1CCCCO1. The molecule has 1 heterocycles. The summed E-state index contributed by atoms with van der Waals surface area (Å²) in [5.41, 5.74) is 8.34. The van der Waals surface area contributed by atoms with E-state index in [1.807, 2.05) is 0 Å². The van der Waals surface area contributed by atoms with Crippen molar-refractivity contribution in [1.29, 1.82) is 0 Å². The van der Waals surface area contributed by atoms with Crippen molar-refractivity contribution in [3.8, 4) is 0 Å². The van der Waals surface area contributed by atoms with Gasteiger partial charge in [0.25, 0.3) is 0 Å². The maximum Gasteiger partial charge on any atom is 0.158 e. The Labute approximate surface area is 128 Å². The summed E-state index contributed by atoms with van der Waals surface area (Å²) in [5.74, 6) is 0. The Morgan fingerprint density at radius 2 is 2.14 bits per heavy atom. The Bertz CT molecular complexity index is 410. The number of hydrogen-bond acceptors (Lipinski definition) is 3. The van der Waals surface area contributed by atoms with Gasteiger partial charge in [0.15, 0.2) is 6.29 Å². The van der Waals surface area contributed by atoms with Crippen LogP contribution < -0.4 is 5.73 Å². The standard InChI is InChI=1S/C18H27NO2/c19-13-12-17(15-21-18-11-4-5-14-20-18)10-6-9-16-7-2-1-3-8-16/h1-3,7-8,12,18H,4-6,9-11,13-15,19H2. The van der Waals surface area contributed by atoms with E-state index in [9.17, 15) is 0 Å². The predicted octanol–water partition coefficient (Wildman–Crippen LogP) is 3.44. The molecule has 0 saturated carbocycles. The summed E-state index contributed by atoms with van der Waals surface area (Å²) in [6.45, 7) is 2.06. The smallest absolute Gasteiger partial charge is 0.158 e. The minimum atomic E-state index is -0.0194. The Kier molecular flexibility index (Phi) is 7.50. The normalized spacial score (nSPS) is 19.7. The van der Waals surface area contributed by atoms with Crippen LogP contribution in [0.25, 0.3) is 0 Å². The van der Waals surface area contributed by atoms with Crippen molar-refractivity contribution < 1.29 is 9.47 Å². The summed E-state index contributed by atoms with van der Waals surface area (Å²) in [6.07, 6.45) is 8.71. The van der Waals surface area contributed by atoms with Crippen molar-refractivity contribution in [1.82, 2.24) is 0 Å². The van der Waals surface area contributed by atoms with E-state index in [-0.39, 0.29) is 6.29 Å². The third-order valence-electron chi connectivity index (χ3n) is 3.81. The Morgan fingerprint density at radius 3 is 2.86 bits per heavy atom. The van der Waals surface area contributed by atoms with Crippen LogP contribution in [0.5, 0.6) is 0 Å². The summed E-state index contributed by atoms with van der Waals surface area (Å²) in [4.78, 5) is 0. The molecule has 1 aliphatic rings. The molecule has 1 aromatic carbocycles. The van der Waals surface area contributed by atoms with Gasteiger partial charge in [-0.3, -0.25) is 0 Å². The highest BCUT2D eigenvalue weighted by Gasteiger charge is 2.14. The van der Waals surface area contributed by atoms with Gasteiger partial charge in [0, 0.05) is 13.2 Å². The van der Waals surface area contributed by atoms with Crippen molar-refractivity contribution in [2.75, 3.05) is 19.8 Å². The molecule has 3 nitrogen and oxygen atoms in total. The van der Waals surface area contributed by atoms with Gasteiger partial charge >= 0.3 is 0 Å². The average Bonchev–Trinajstić information content (AvgIpc) is 2.54. The van der Waals surface area contributed by atoms with Gasteiger partial charge in [-0.15, -0.1) is 0 Å². The van der Waals surface area contributed by atoms with E-state index in [4.69, 9.17) is 15.2 Å². The fraction of sp³-hybridized carbons (Fsp3) is 0.556. The fourth-order valence-electron chi connectivity index (χ4n) is 2.61. The first-order valence-corrected chi connectivity index (χ1v) is 8.03. The summed E-state index contributed by atoms with van der Waals surface area (Å²) in [7, 11) is 0. The largest absolute Gasteiger partial charge is 0.353 e. The van der Waals surface area contributed by atoms with Gasteiger partial charge in [0.2, 0.25) is 0 Å². The zero-order valence-corrected chi connectivity index (χ0v) is 12.8. The predicted molar refractivity (Wildman–Crippen MR) is 86.1 cm³/mol. The molecule has 1 saturated heterocycles. The molecule has 3 heteroatoms. The van der Waals surface area contributed by atoms with E-state index in [1.165, 1.54) is 17.6 Å². The molecule has 0 radical (unpaired) electrons. The molecule has 21 heavy (non-hydrogen) atoms. The van der Waals surface area contributed by atoms with E-state index in [0.29, 0.717) is 13.2 Å². The molecule has 0 bridgehead atoms. The van der Waals surface area contributed by atoms with E-state index in [2.05, 4.69) is 36.4 Å². The molecule has 1 fully saturated rings. The number of benzene rings is 1. The molecule has 1 aromatic rings. The summed E-state index contributed by atoms with van der Waals surface area (Å²) in [5, 5.41) is 0. The average molecular weight is 289 g/mol. The molecule has 0 amide bonds. The van der Waals surface area contributed by atoms with E-state index in [0.717, 1.165) is 38.7 Å². The first kappa shape index (κ1) is 16.2. The van der Waals surface area contributed by atoms with Gasteiger partial charge in [0.1, 0.15) is 0 Å². The summed E-state index contributed by atoms with van der Waals surface area (Å²) in [6, 6.07) is 10.6. The Hall–Kier alpha value is -1.16. The van der Waals surface area contributed by atoms with Crippen molar-refractivity contribution in [2.45, 2.75) is 44.8 Å². The molecule has 1 atom stereocenters. The number of ether oxygens (including phenoxy) is 2. The first-order chi connectivity index (χ1) is 10.4. The molecule has 1 aliphatic heterocycles. The molecule has 0 aliphatic carbocycles. The number of aryl methyl sites for hydroxylation is 1. The number of nitrogens with two attached hydrogens (primary N) is 1. The van der Waals surface area contributed by atoms with Gasteiger partial charge in [-0.2, -0.15) is 0 Å². The molecule has 1 unspecified atom stereocenters. The van der Waals surface area contributed by atoms with Crippen LogP contribution in [0.4, 0.5) is 0 Å². The van der Waals surface area contributed by atoms with Gasteiger partial charge < -0.3 is 15.2 Å². The lowest BCUT2D eigenvalue weighted by Crippen LogP contribution is -2.23. The molecule has 2 N–H and O–H groups in total. The van der Waals surface area contributed by atoms with E-state index in [1.54, 1.807) is 0 Å². The van der Waals surface area contributed by atoms with Crippen LogP contribution in [0.3, 0.4) is 0 Å². The Balaban J connectivity index is 1.70. The van der Waals surface area contributed by atoms with Crippen molar-refractivity contribution in [2.24, 2.45) is 5.73 Å². The van der Waals surface area contributed by atoms with Crippen LogP contribution in [0.1, 0.15) is 37.7 Å².